The molecule has 7 heteroatoms. The number of benzene rings is 3. The molecule has 2 atom stereocenters. The number of nitrogens with zero attached hydrogens (tertiary/aromatic N) is 2. The number of methoxy groups -OCH3 is 1. The molecule has 3 aromatic carbocycles. The summed E-state index contributed by atoms with van der Waals surface area (Å²) in [5, 5.41) is 10.8. The number of hydrogen-bond acceptors (Lipinski definition) is 4. The van der Waals surface area contributed by atoms with Crippen LogP contribution in [0.25, 0.3) is 5.69 Å². The van der Waals surface area contributed by atoms with Crippen molar-refractivity contribution in [1.29, 1.82) is 0 Å². The second kappa shape index (κ2) is 9.10. The lowest BCUT2D eigenvalue weighted by atomic mass is 9.81. The molecule has 0 aliphatic carbocycles. The molecule has 176 valence electrons. The van der Waals surface area contributed by atoms with Crippen LogP contribution in [-0.2, 0) is 4.79 Å². The number of carbonyl (C=O) groups excluding carboxylic acids is 2. The van der Waals surface area contributed by atoms with Crippen molar-refractivity contribution < 1.29 is 14.3 Å². The van der Waals surface area contributed by atoms with Crippen LogP contribution in [0, 0.1) is 13.8 Å². The lowest BCUT2D eigenvalue weighted by molar-refractivity contribution is -0.118. The number of amides is 2. The molecule has 2 amide bonds. The van der Waals surface area contributed by atoms with Crippen molar-refractivity contribution in [2.75, 3.05) is 12.4 Å². The number of aromatic nitrogens is 2. The molecule has 1 aromatic heterocycles. The molecule has 0 saturated carbocycles. The minimum Gasteiger partial charge on any atom is -0.497 e. The molecule has 4 aromatic rings. The molecule has 0 spiro atoms. The Balaban J connectivity index is 1.62. The van der Waals surface area contributed by atoms with Crippen molar-refractivity contribution in [3.05, 3.63) is 107 Å². The summed E-state index contributed by atoms with van der Waals surface area (Å²) >= 11 is 0. The number of nitrogens with one attached hydrogen (secondary N) is 2. The van der Waals surface area contributed by atoms with Crippen molar-refractivity contribution in [2.45, 2.75) is 25.8 Å². The summed E-state index contributed by atoms with van der Waals surface area (Å²) in [6.45, 7) is 3.85. The van der Waals surface area contributed by atoms with E-state index in [2.05, 4.69) is 10.6 Å². The Kier molecular flexibility index (Phi) is 5.82. The number of aryl methyl sites for hydroxylation is 2. The zero-order valence-electron chi connectivity index (χ0n) is 19.8. The number of para-hydroxylation sites is 1. The quantitative estimate of drug-likeness (QED) is 0.457. The van der Waals surface area contributed by atoms with E-state index >= 15 is 0 Å². The summed E-state index contributed by atoms with van der Waals surface area (Å²) in [6.07, 6.45) is 0. The van der Waals surface area contributed by atoms with Gasteiger partial charge in [0, 0.05) is 17.0 Å². The number of carbonyl (C=O) groups is 2. The third-order valence-corrected chi connectivity index (χ3v) is 6.32. The lowest BCUT2D eigenvalue weighted by Gasteiger charge is -2.33. The van der Waals surface area contributed by atoms with Crippen LogP contribution in [0.4, 0.5) is 5.82 Å². The Morgan fingerprint density at radius 3 is 2.43 bits per heavy atom. The van der Waals surface area contributed by atoms with E-state index in [4.69, 9.17) is 9.84 Å². The fourth-order valence-corrected chi connectivity index (χ4v) is 4.63. The highest BCUT2D eigenvalue weighted by Crippen LogP contribution is 2.41. The van der Waals surface area contributed by atoms with Crippen molar-refractivity contribution in [3.8, 4) is 11.4 Å². The minimum absolute atomic E-state index is 0.295. The molecule has 2 N–H and O–H groups in total. The predicted molar refractivity (Wildman–Crippen MR) is 134 cm³/mol. The predicted octanol–water partition coefficient (Wildman–Crippen LogP) is 4.38. The largest absolute Gasteiger partial charge is 0.497 e. The zero-order valence-corrected chi connectivity index (χ0v) is 19.8. The normalized spacial score (nSPS) is 16.8. The number of ether oxygens (including phenoxy) is 1. The van der Waals surface area contributed by atoms with E-state index in [-0.39, 0.29) is 11.8 Å². The van der Waals surface area contributed by atoms with Crippen LogP contribution in [-0.4, -0.2) is 34.7 Å². The lowest BCUT2D eigenvalue weighted by Crippen LogP contribution is -2.50. The summed E-state index contributed by atoms with van der Waals surface area (Å²) < 4.78 is 7.08. The summed E-state index contributed by atoms with van der Waals surface area (Å²) in [7, 11) is 1.61. The van der Waals surface area contributed by atoms with E-state index in [1.807, 2.05) is 86.6 Å². The maximum absolute atomic E-state index is 13.5. The number of rotatable bonds is 5. The van der Waals surface area contributed by atoms with Gasteiger partial charge in [-0.15, -0.1) is 0 Å². The fourth-order valence-electron chi connectivity index (χ4n) is 4.63. The van der Waals surface area contributed by atoms with Gasteiger partial charge in [0.15, 0.2) is 0 Å². The smallest absolute Gasteiger partial charge is 0.251 e. The Morgan fingerprint density at radius 2 is 1.74 bits per heavy atom. The summed E-state index contributed by atoms with van der Waals surface area (Å²) in [4.78, 5) is 26.7. The first kappa shape index (κ1) is 22.4. The maximum Gasteiger partial charge on any atom is 0.251 e. The van der Waals surface area contributed by atoms with Gasteiger partial charge in [0.05, 0.1) is 18.5 Å². The topological polar surface area (TPSA) is 85.2 Å². The number of anilines is 1. The van der Waals surface area contributed by atoms with Crippen LogP contribution in [0.5, 0.6) is 5.75 Å². The zero-order chi connectivity index (χ0) is 24.5. The van der Waals surface area contributed by atoms with Gasteiger partial charge in [-0.05, 0) is 55.8 Å². The Morgan fingerprint density at radius 1 is 1.00 bits per heavy atom. The summed E-state index contributed by atoms with van der Waals surface area (Å²) in [6, 6.07) is 23.7. The molecule has 2 unspecified atom stereocenters. The van der Waals surface area contributed by atoms with Crippen molar-refractivity contribution in [1.82, 2.24) is 15.1 Å². The molecule has 0 bridgehead atoms. The molecular formula is C28H26N4O3. The molecule has 0 saturated heterocycles. The molecule has 7 nitrogen and oxygen atoms in total. The Hall–Kier alpha value is -4.39. The van der Waals surface area contributed by atoms with Gasteiger partial charge < -0.3 is 15.4 Å². The first-order valence-corrected chi connectivity index (χ1v) is 11.4. The second-order valence-corrected chi connectivity index (χ2v) is 8.66. The molecule has 5 rings (SSSR count). The van der Waals surface area contributed by atoms with E-state index < -0.39 is 12.0 Å². The third-order valence-electron chi connectivity index (χ3n) is 6.32. The molecule has 1 aliphatic rings. The Bertz CT molecular complexity index is 1390. The van der Waals surface area contributed by atoms with E-state index in [0.717, 1.165) is 28.1 Å². The van der Waals surface area contributed by atoms with Gasteiger partial charge in [-0.2, -0.15) is 5.10 Å². The third kappa shape index (κ3) is 4.17. The average Bonchev–Trinajstić information content (AvgIpc) is 3.20. The van der Waals surface area contributed by atoms with Gasteiger partial charge in [0.25, 0.3) is 5.91 Å². The van der Waals surface area contributed by atoms with Gasteiger partial charge in [-0.1, -0.05) is 48.0 Å². The maximum atomic E-state index is 13.5. The molecular weight excluding hydrogens is 440 g/mol. The van der Waals surface area contributed by atoms with E-state index in [1.54, 1.807) is 17.9 Å². The molecule has 2 heterocycles. The van der Waals surface area contributed by atoms with Crippen LogP contribution < -0.4 is 15.4 Å². The van der Waals surface area contributed by atoms with Gasteiger partial charge in [-0.3, -0.25) is 9.59 Å². The first-order valence-electron chi connectivity index (χ1n) is 11.4. The molecule has 35 heavy (non-hydrogen) atoms. The monoisotopic (exact) mass is 466 g/mol. The van der Waals surface area contributed by atoms with Crippen LogP contribution in [0.1, 0.15) is 38.7 Å². The van der Waals surface area contributed by atoms with Crippen LogP contribution in [0.3, 0.4) is 0 Å². The van der Waals surface area contributed by atoms with Gasteiger partial charge >= 0.3 is 0 Å². The standard InChI is InChI=1S/C28H26N4O3/c1-17-8-7-9-20(16-17)27(33)29-25-24(19-12-14-22(35-3)15-13-19)23-18(2)31-32(26(23)30-28(25)34)21-10-5-4-6-11-21/h4-16,24-25H,1-3H3,(H,29,33)(H,30,34). The second-order valence-electron chi connectivity index (χ2n) is 8.66. The van der Waals surface area contributed by atoms with Crippen LogP contribution in [0.2, 0.25) is 0 Å². The van der Waals surface area contributed by atoms with Crippen LogP contribution >= 0.6 is 0 Å². The fraction of sp³-hybridized carbons (Fsp3) is 0.179. The van der Waals surface area contributed by atoms with Crippen molar-refractivity contribution >= 4 is 17.6 Å². The Labute approximate surface area is 203 Å². The highest BCUT2D eigenvalue weighted by Gasteiger charge is 2.41. The highest BCUT2D eigenvalue weighted by atomic mass is 16.5. The summed E-state index contributed by atoms with van der Waals surface area (Å²) in [5.74, 6) is 0.294. The molecule has 0 fully saturated rings. The van der Waals surface area contributed by atoms with Gasteiger partial charge in [-0.25, -0.2) is 4.68 Å². The average molecular weight is 467 g/mol. The molecule has 0 radical (unpaired) electrons. The SMILES string of the molecule is COc1ccc(C2c3c(C)nn(-c4ccccc4)c3NC(=O)C2NC(=O)c2cccc(C)c2)cc1. The first-order chi connectivity index (χ1) is 17.0. The van der Waals surface area contributed by atoms with Crippen molar-refractivity contribution in [3.63, 3.8) is 0 Å². The van der Waals surface area contributed by atoms with E-state index in [1.165, 1.54) is 0 Å². The molecule has 1 aliphatic heterocycles. The van der Waals surface area contributed by atoms with Crippen molar-refractivity contribution in [2.24, 2.45) is 0 Å². The highest BCUT2D eigenvalue weighted by molar-refractivity contribution is 6.04. The number of hydrogen-bond donors (Lipinski definition) is 2. The summed E-state index contributed by atoms with van der Waals surface area (Å²) in [5.41, 5.74) is 4.85. The van der Waals surface area contributed by atoms with E-state index in [0.29, 0.717) is 17.1 Å². The number of fused-ring (bicyclic) bond motifs is 1. The minimum atomic E-state index is -0.823. The van der Waals surface area contributed by atoms with Gasteiger partial charge in [0.1, 0.15) is 17.6 Å². The van der Waals surface area contributed by atoms with Crippen LogP contribution in [0.15, 0.2) is 78.9 Å². The van der Waals surface area contributed by atoms with E-state index in [9.17, 15) is 9.59 Å². The van der Waals surface area contributed by atoms with Gasteiger partial charge in [0.2, 0.25) is 5.91 Å².